The fraction of sp³-hybridized carbons (Fsp3) is 0.294. The molecule has 0 aromatic heterocycles. The molecule has 0 aliphatic rings. The van der Waals surface area contributed by atoms with Crippen LogP contribution in [0.1, 0.15) is 11.1 Å². The molecule has 0 aliphatic heterocycles. The van der Waals surface area contributed by atoms with E-state index in [2.05, 4.69) is 22.0 Å². The summed E-state index contributed by atoms with van der Waals surface area (Å²) in [5.41, 5.74) is 7.92. The van der Waals surface area contributed by atoms with Crippen LogP contribution in [-0.4, -0.2) is 19.8 Å². The molecule has 4 heteroatoms. The lowest BCUT2D eigenvalue weighted by Gasteiger charge is -2.14. The summed E-state index contributed by atoms with van der Waals surface area (Å²) >= 11 is 3.40. The zero-order valence-electron chi connectivity index (χ0n) is 12.1. The lowest BCUT2D eigenvalue weighted by molar-refractivity contribution is 0.215. The summed E-state index contributed by atoms with van der Waals surface area (Å²) < 4.78 is 12.6. The van der Waals surface area contributed by atoms with E-state index in [1.807, 2.05) is 43.3 Å². The Balaban J connectivity index is 1.87. The molecule has 21 heavy (non-hydrogen) atoms. The molecule has 112 valence electrons. The Bertz CT molecular complexity index is 570. The fourth-order valence-corrected chi connectivity index (χ4v) is 2.37. The van der Waals surface area contributed by atoms with Crippen LogP contribution in [0, 0.1) is 6.92 Å². The standard InChI is InChI=1S/C17H20BrNO2/c1-13-3-2-4-14(9-10-19)17(13)21-12-11-20-16-7-5-15(18)6-8-16/h2-8H,9-12,19H2,1H3. The first-order valence-electron chi connectivity index (χ1n) is 7.00. The summed E-state index contributed by atoms with van der Waals surface area (Å²) in [5.74, 6) is 1.77. The zero-order valence-corrected chi connectivity index (χ0v) is 13.7. The quantitative estimate of drug-likeness (QED) is 0.774. The van der Waals surface area contributed by atoms with Gasteiger partial charge in [-0.3, -0.25) is 0 Å². The average Bonchev–Trinajstić information content (AvgIpc) is 2.48. The SMILES string of the molecule is Cc1cccc(CCN)c1OCCOc1ccc(Br)cc1. The van der Waals surface area contributed by atoms with Crippen LogP contribution in [0.4, 0.5) is 0 Å². The highest BCUT2D eigenvalue weighted by Crippen LogP contribution is 2.23. The number of para-hydroxylation sites is 1. The lowest BCUT2D eigenvalue weighted by atomic mass is 10.1. The fourth-order valence-electron chi connectivity index (χ4n) is 2.11. The molecule has 0 fully saturated rings. The summed E-state index contributed by atoms with van der Waals surface area (Å²) in [6.45, 7) is 3.69. The number of ether oxygens (including phenoxy) is 2. The first-order chi connectivity index (χ1) is 10.2. The van der Waals surface area contributed by atoms with E-state index in [1.165, 1.54) is 0 Å². The highest BCUT2D eigenvalue weighted by atomic mass is 79.9. The molecule has 0 bridgehead atoms. The summed E-state index contributed by atoms with van der Waals surface area (Å²) in [4.78, 5) is 0. The highest BCUT2D eigenvalue weighted by molar-refractivity contribution is 9.10. The minimum absolute atomic E-state index is 0.512. The molecular weight excluding hydrogens is 330 g/mol. The van der Waals surface area contributed by atoms with Gasteiger partial charge in [0.2, 0.25) is 0 Å². The van der Waals surface area contributed by atoms with E-state index in [-0.39, 0.29) is 0 Å². The summed E-state index contributed by atoms with van der Waals surface area (Å²) in [6.07, 6.45) is 0.824. The zero-order chi connectivity index (χ0) is 15.1. The number of hydrogen-bond acceptors (Lipinski definition) is 3. The monoisotopic (exact) mass is 349 g/mol. The van der Waals surface area contributed by atoms with Crippen molar-refractivity contribution in [1.29, 1.82) is 0 Å². The van der Waals surface area contributed by atoms with Gasteiger partial charge in [-0.2, -0.15) is 0 Å². The van der Waals surface area contributed by atoms with Crippen molar-refractivity contribution in [2.45, 2.75) is 13.3 Å². The summed E-state index contributed by atoms with van der Waals surface area (Å²) in [6, 6.07) is 13.9. The molecule has 0 radical (unpaired) electrons. The van der Waals surface area contributed by atoms with Gasteiger partial charge in [0.05, 0.1) is 0 Å². The largest absolute Gasteiger partial charge is 0.490 e. The van der Waals surface area contributed by atoms with Gasteiger partial charge >= 0.3 is 0 Å². The Kier molecular flexibility index (Phi) is 6.08. The number of halogens is 1. The van der Waals surface area contributed by atoms with E-state index in [4.69, 9.17) is 15.2 Å². The smallest absolute Gasteiger partial charge is 0.125 e. The molecular formula is C17H20BrNO2. The second-order valence-corrected chi connectivity index (χ2v) is 5.67. The molecule has 0 amide bonds. The topological polar surface area (TPSA) is 44.5 Å². The third kappa shape index (κ3) is 4.76. The number of rotatable bonds is 7. The van der Waals surface area contributed by atoms with Crippen molar-refractivity contribution >= 4 is 15.9 Å². The van der Waals surface area contributed by atoms with E-state index in [1.54, 1.807) is 0 Å². The number of benzene rings is 2. The predicted molar refractivity (Wildman–Crippen MR) is 89.1 cm³/mol. The molecule has 0 spiro atoms. The molecule has 2 aromatic rings. The average molecular weight is 350 g/mol. The van der Waals surface area contributed by atoms with Crippen LogP contribution in [-0.2, 0) is 6.42 Å². The van der Waals surface area contributed by atoms with Gasteiger partial charge in [-0.15, -0.1) is 0 Å². The molecule has 0 saturated heterocycles. The van der Waals surface area contributed by atoms with Crippen molar-refractivity contribution in [3.05, 3.63) is 58.1 Å². The van der Waals surface area contributed by atoms with Crippen molar-refractivity contribution in [2.24, 2.45) is 5.73 Å². The van der Waals surface area contributed by atoms with Gasteiger partial charge in [-0.05, 0) is 55.3 Å². The van der Waals surface area contributed by atoms with Gasteiger partial charge in [-0.1, -0.05) is 34.1 Å². The van der Waals surface area contributed by atoms with E-state index in [9.17, 15) is 0 Å². The number of aryl methyl sites for hydroxylation is 1. The van der Waals surface area contributed by atoms with Crippen molar-refractivity contribution < 1.29 is 9.47 Å². The Labute approximate surface area is 134 Å². The molecule has 2 aromatic carbocycles. The van der Waals surface area contributed by atoms with Crippen LogP contribution in [0.5, 0.6) is 11.5 Å². The van der Waals surface area contributed by atoms with E-state index in [0.717, 1.165) is 33.5 Å². The van der Waals surface area contributed by atoms with Crippen molar-refractivity contribution in [2.75, 3.05) is 19.8 Å². The summed E-state index contributed by atoms with van der Waals surface area (Å²) in [5, 5.41) is 0. The molecule has 2 rings (SSSR count). The number of hydrogen-bond donors (Lipinski definition) is 1. The minimum Gasteiger partial charge on any atom is -0.490 e. The van der Waals surface area contributed by atoms with Crippen LogP contribution in [0.25, 0.3) is 0 Å². The molecule has 0 saturated carbocycles. The predicted octanol–water partition coefficient (Wildman–Crippen LogP) is 3.72. The van der Waals surface area contributed by atoms with Gasteiger partial charge in [-0.25, -0.2) is 0 Å². The highest BCUT2D eigenvalue weighted by Gasteiger charge is 2.06. The molecule has 2 N–H and O–H groups in total. The van der Waals surface area contributed by atoms with Crippen molar-refractivity contribution in [3.8, 4) is 11.5 Å². The molecule has 0 atom stereocenters. The second kappa shape index (κ2) is 8.05. The van der Waals surface area contributed by atoms with E-state index >= 15 is 0 Å². The molecule has 3 nitrogen and oxygen atoms in total. The number of nitrogens with two attached hydrogens (primary N) is 1. The molecule has 0 aliphatic carbocycles. The first-order valence-corrected chi connectivity index (χ1v) is 7.79. The van der Waals surface area contributed by atoms with Crippen LogP contribution in [0.15, 0.2) is 46.9 Å². The minimum atomic E-state index is 0.512. The molecule has 0 unspecified atom stereocenters. The Morgan fingerprint density at radius 1 is 1.00 bits per heavy atom. The van der Waals surface area contributed by atoms with Crippen LogP contribution in [0.2, 0.25) is 0 Å². The maximum absolute atomic E-state index is 5.88. The van der Waals surface area contributed by atoms with Gasteiger partial charge in [0, 0.05) is 4.47 Å². The second-order valence-electron chi connectivity index (χ2n) is 4.75. The summed E-state index contributed by atoms with van der Waals surface area (Å²) in [7, 11) is 0. The van der Waals surface area contributed by atoms with Crippen LogP contribution >= 0.6 is 15.9 Å². The van der Waals surface area contributed by atoms with Gasteiger partial charge in [0.1, 0.15) is 24.7 Å². The van der Waals surface area contributed by atoms with Gasteiger partial charge in [0.25, 0.3) is 0 Å². The van der Waals surface area contributed by atoms with E-state index < -0.39 is 0 Å². The van der Waals surface area contributed by atoms with E-state index in [0.29, 0.717) is 19.8 Å². The lowest BCUT2D eigenvalue weighted by Crippen LogP contribution is -2.12. The Morgan fingerprint density at radius 2 is 1.71 bits per heavy atom. The third-order valence-corrected chi connectivity index (χ3v) is 3.65. The van der Waals surface area contributed by atoms with Gasteiger partial charge < -0.3 is 15.2 Å². The van der Waals surface area contributed by atoms with Crippen molar-refractivity contribution in [1.82, 2.24) is 0 Å². The maximum atomic E-state index is 5.88. The van der Waals surface area contributed by atoms with Gasteiger partial charge in [0.15, 0.2) is 0 Å². The third-order valence-electron chi connectivity index (χ3n) is 3.12. The maximum Gasteiger partial charge on any atom is 0.125 e. The van der Waals surface area contributed by atoms with Crippen LogP contribution in [0.3, 0.4) is 0 Å². The Morgan fingerprint density at radius 3 is 2.43 bits per heavy atom. The van der Waals surface area contributed by atoms with Crippen LogP contribution < -0.4 is 15.2 Å². The molecule has 0 heterocycles. The Hall–Kier alpha value is -1.52. The van der Waals surface area contributed by atoms with Crippen molar-refractivity contribution in [3.63, 3.8) is 0 Å². The normalized spacial score (nSPS) is 10.4. The first kappa shape index (κ1) is 15.9.